The Hall–Kier alpha value is -4.40. The summed E-state index contributed by atoms with van der Waals surface area (Å²) in [5.41, 5.74) is 4.61. The van der Waals surface area contributed by atoms with E-state index in [1.165, 1.54) is 0 Å². The van der Waals surface area contributed by atoms with Crippen LogP contribution in [0, 0.1) is 30.6 Å². The van der Waals surface area contributed by atoms with E-state index in [2.05, 4.69) is 44.0 Å². The van der Waals surface area contributed by atoms with E-state index in [4.69, 9.17) is 4.74 Å². The number of rotatable bonds is 5. The predicted molar refractivity (Wildman–Crippen MR) is 134 cm³/mol. The molecule has 0 aliphatic carbocycles. The van der Waals surface area contributed by atoms with Crippen molar-refractivity contribution in [1.29, 1.82) is 0 Å². The number of aromatic nitrogens is 4. The predicted octanol–water partition coefficient (Wildman–Crippen LogP) is 3.48. The van der Waals surface area contributed by atoms with Crippen LogP contribution in [0.1, 0.15) is 44.9 Å². The molecule has 4 heterocycles. The van der Waals surface area contributed by atoms with Crippen molar-refractivity contribution in [1.82, 2.24) is 24.8 Å². The second kappa shape index (κ2) is 10.1. The number of imidazole rings is 1. The highest BCUT2D eigenvalue weighted by Gasteiger charge is 2.31. The van der Waals surface area contributed by atoms with Crippen LogP contribution in [0.3, 0.4) is 0 Å². The van der Waals surface area contributed by atoms with Crippen LogP contribution in [0.25, 0.3) is 10.9 Å². The lowest BCUT2D eigenvalue weighted by Crippen LogP contribution is -2.31. The number of ether oxygens (including phenoxy) is 1. The quantitative estimate of drug-likeness (QED) is 0.428. The van der Waals surface area contributed by atoms with Gasteiger partial charge in [0.2, 0.25) is 0 Å². The van der Waals surface area contributed by atoms with Crippen molar-refractivity contribution in [3.05, 3.63) is 82.8 Å². The number of halogens is 1. The molecule has 36 heavy (non-hydrogen) atoms. The summed E-state index contributed by atoms with van der Waals surface area (Å²) in [4.78, 5) is 25.8. The average Bonchev–Trinajstić information content (AvgIpc) is 3.55. The number of amides is 1. The lowest BCUT2D eigenvalue weighted by Gasteiger charge is -2.17. The number of alkyl halides is 1. The molecular formula is C28H24FN5O2. The molecule has 180 valence electrons. The number of pyridine rings is 1. The van der Waals surface area contributed by atoms with Gasteiger partial charge in [-0.15, -0.1) is 0 Å². The molecule has 4 aromatic rings. The summed E-state index contributed by atoms with van der Waals surface area (Å²) in [5.74, 6) is 10.8. The van der Waals surface area contributed by atoms with Crippen LogP contribution in [-0.4, -0.2) is 45.3 Å². The molecule has 2 atom stereocenters. The number of para-hydroxylation sites is 1. The average molecular weight is 482 g/mol. The number of fused-ring (bicyclic) bond motifs is 2. The van der Waals surface area contributed by atoms with Crippen molar-refractivity contribution in [2.24, 2.45) is 0 Å². The van der Waals surface area contributed by atoms with E-state index in [9.17, 15) is 9.18 Å². The van der Waals surface area contributed by atoms with Gasteiger partial charge in [0.25, 0.3) is 5.91 Å². The summed E-state index contributed by atoms with van der Waals surface area (Å²) in [6.45, 7) is 2.37. The van der Waals surface area contributed by atoms with Gasteiger partial charge in [0.15, 0.2) is 0 Å². The van der Waals surface area contributed by atoms with Gasteiger partial charge in [-0.25, -0.2) is 14.4 Å². The van der Waals surface area contributed by atoms with Crippen molar-refractivity contribution in [2.45, 2.75) is 32.1 Å². The number of methoxy groups -OCH3 is 1. The van der Waals surface area contributed by atoms with Crippen molar-refractivity contribution >= 4 is 16.8 Å². The van der Waals surface area contributed by atoms with Crippen molar-refractivity contribution in [3.63, 3.8) is 0 Å². The number of aryl methyl sites for hydroxylation is 1. The SMILES string of the molecule is COCC#CC#Cc1cc(C)nc(C(=O)NC(c2cc3ccccc3[nH]2)c2ncn3c2C[C@@H](F)C3)c1. The zero-order chi connectivity index (χ0) is 25.1. The zero-order valence-corrected chi connectivity index (χ0v) is 19.9. The monoisotopic (exact) mass is 481 g/mol. The minimum Gasteiger partial charge on any atom is -0.372 e. The third-order valence-electron chi connectivity index (χ3n) is 5.96. The van der Waals surface area contributed by atoms with Crippen LogP contribution >= 0.6 is 0 Å². The van der Waals surface area contributed by atoms with Gasteiger partial charge in [0.1, 0.15) is 24.5 Å². The van der Waals surface area contributed by atoms with Gasteiger partial charge in [-0.05, 0) is 48.4 Å². The third-order valence-corrected chi connectivity index (χ3v) is 5.96. The van der Waals surface area contributed by atoms with Crippen LogP contribution in [0.4, 0.5) is 4.39 Å². The van der Waals surface area contributed by atoms with Gasteiger partial charge in [-0.2, -0.15) is 0 Å². The summed E-state index contributed by atoms with van der Waals surface area (Å²) in [5, 5.41) is 4.08. The molecule has 2 N–H and O–H groups in total. The Morgan fingerprint density at radius 1 is 1.31 bits per heavy atom. The number of carbonyl (C=O) groups is 1. The number of nitrogens with one attached hydrogen (secondary N) is 2. The Balaban J connectivity index is 1.49. The van der Waals surface area contributed by atoms with Crippen molar-refractivity contribution < 1.29 is 13.9 Å². The van der Waals surface area contributed by atoms with E-state index in [-0.39, 0.29) is 24.6 Å². The highest BCUT2D eigenvalue weighted by molar-refractivity contribution is 5.93. The maximum Gasteiger partial charge on any atom is 0.270 e. The number of hydrogen-bond donors (Lipinski definition) is 2. The van der Waals surface area contributed by atoms with Gasteiger partial charge in [0.05, 0.1) is 18.6 Å². The Morgan fingerprint density at radius 2 is 2.17 bits per heavy atom. The molecule has 0 saturated heterocycles. The van der Waals surface area contributed by atoms with Gasteiger partial charge in [-0.1, -0.05) is 30.0 Å². The number of H-pyrrole nitrogens is 1. The highest BCUT2D eigenvalue weighted by Crippen LogP contribution is 2.30. The smallest absolute Gasteiger partial charge is 0.270 e. The standard InChI is InChI=1S/C28H24FN5O2/c1-18-12-19(8-4-3-7-11-36-2)13-24(31-18)28(35)33-26(23-14-20-9-5-6-10-22(20)32-23)27-25-15-21(29)16-34(25)17-30-27/h5-6,9-10,12-14,17,21,26,32H,11,15-16H2,1-2H3,(H,33,35)/t21-,26?/m1/s1. The largest absolute Gasteiger partial charge is 0.372 e. The number of hydrogen-bond acceptors (Lipinski definition) is 4. The molecule has 7 nitrogen and oxygen atoms in total. The fraction of sp³-hybridized carbons (Fsp3) is 0.250. The zero-order valence-electron chi connectivity index (χ0n) is 19.9. The number of aromatic amines is 1. The van der Waals surface area contributed by atoms with E-state index in [0.717, 1.165) is 22.3 Å². The molecule has 0 saturated carbocycles. The molecule has 8 heteroatoms. The van der Waals surface area contributed by atoms with Gasteiger partial charge in [-0.3, -0.25) is 4.79 Å². The first-order valence-electron chi connectivity index (χ1n) is 11.5. The highest BCUT2D eigenvalue weighted by atomic mass is 19.1. The van der Waals surface area contributed by atoms with Crippen LogP contribution in [-0.2, 0) is 17.7 Å². The number of nitrogens with zero attached hydrogens (tertiary/aromatic N) is 3. The minimum atomic E-state index is -0.965. The normalized spacial score (nSPS) is 14.9. The van der Waals surface area contributed by atoms with Gasteiger partial charge < -0.3 is 19.6 Å². The summed E-state index contributed by atoms with van der Waals surface area (Å²) in [6, 6.07) is 12.6. The summed E-state index contributed by atoms with van der Waals surface area (Å²) >= 11 is 0. The van der Waals surface area contributed by atoms with Crippen LogP contribution in [0.15, 0.2) is 48.8 Å². The molecule has 0 radical (unpaired) electrons. The fourth-order valence-electron chi connectivity index (χ4n) is 4.39. The number of carbonyl (C=O) groups excluding carboxylic acids is 1. The fourth-order valence-corrected chi connectivity index (χ4v) is 4.39. The second-order valence-electron chi connectivity index (χ2n) is 8.62. The lowest BCUT2D eigenvalue weighted by molar-refractivity contribution is 0.0936. The summed E-state index contributed by atoms with van der Waals surface area (Å²) in [7, 11) is 1.57. The topological polar surface area (TPSA) is 84.8 Å². The molecule has 0 spiro atoms. The van der Waals surface area contributed by atoms with E-state index < -0.39 is 12.2 Å². The molecule has 5 rings (SSSR count). The van der Waals surface area contributed by atoms with Gasteiger partial charge >= 0.3 is 0 Å². The van der Waals surface area contributed by atoms with Crippen LogP contribution < -0.4 is 5.32 Å². The summed E-state index contributed by atoms with van der Waals surface area (Å²) < 4.78 is 20.9. The Bertz CT molecular complexity index is 1530. The Kier molecular flexibility index (Phi) is 6.53. The number of benzene rings is 1. The van der Waals surface area contributed by atoms with Crippen LogP contribution in [0.5, 0.6) is 0 Å². The maximum absolute atomic E-state index is 14.2. The first-order valence-corrected chi connectivity index (χ1v) is 11.5. The molecule has 0 bridgehead atoms. The Morgan fingerprint density at radius 3 is 3.00 bits per heavy atom. The molecule has 0 fully saturated rings. The minimum absolute atomic E-state index is 0.226. The van der Waals surface area contributed by atoms with Crippen LogP contribution in [0.2, 0.25) is 0 Å². The van der Waals surface area contributed by atoms with Crippen molar-refractivity contribution in [3.8, 4) is 23.7 Å². The van der Waals surface area contributed by atoms with E-state index >= 15 is 0 Å². The van der Waals surface area contributed by atoms with E-state index in [0.29, 0.717) is 23.6 Å². The summed E-state index contributed by atoms with van der Waals surface area (Å²) in [6.07, 6.45) is 0.927. The first-order chi connectivity index (χ1) is 17.5. The lowest BCUT2D eigenvalue weighted by atomic mass is 10.1. The van der Waals surface area contributed by atoms with E-state index in [1.807, 2.05) is 34.9 Å². The van der Waals surface area contributed by atoms with E-state index in [1.54, 1.807) is 32.5 Å². The second-order valence-corrected chi connectivity index (χ2v) is 8.62. The molecule has 1 aliphatic heterocycles. The third kappa shape index (κ3) is 4.86. The molecule has 1 unspecified atom stereocenters. The first kappa shape index (κ1) is 23.3. The van der Waals surface area contributed by atoms with Gasteiger partial charge in [0, 0.05) is 41.7 Å². The van der Waals surface area contributed by atoms with Crippen molar-refractivity contribution in [2.75, 3.05) is 13.7 Å². The molecule has 1 aromatic carbocycles. The molecule has 1 amide bonds. The maximum atomic E-state index is 14.2. The molecule has 3 aromatic heterocycles. The molecular weight excluding hydrogens is 457 g/mol. The molecule has 1 aliphatic rings. The Labute approximate surface area is 208 Å².